The Morgan fingerprint density at radius 1 is 1.15 bits per heavy atom. The summed E-state index contributed by atoms with van der Waals surface area (Å²) in [5.74, 6) is -1.60. The summed E-state index contributed by atoms with van der Waals surface area (Å²) in [5, 5.41) is 35.2. The van der Waals surface area contributed by atoms with Crippen LogP contribution in [0.2, 0.25) is 0 Å². The second-order valence-electron chi connectivity index (χ2n) is 11.4. The molecule has 1 saturated heterocycles. The van der Waals surface area contributed by atoms with E-state index in [-0.39, 0.29) is 25.2 Å². The zero-order valence-electron chi connectivity index (χ0n) is 20.2. The van der Waals surface area contributed by atoms with Crippen molar-refractivity contribution in [3.05, 3.63) is 47.0 Å². The molecule has 3 N–H and O–H groups in total. The molecule has 34 heavy (non-hydrogen) atoms. The Hall–Kier alpha value is -2.06. The Labute approximate surface area is 199 Å². The lowest BCUT2D eigenvalue weighted by molar-refractivity contribution is -0.328. The summed E-state index contributed by atoms with van der Waals surface area (Å²) in [6.45, 7) is 7.29. The van der Waals surface area contributed by atoms with E-state index in [0.29, 0.717) is 29.6 Å². The van der Waals surface area contributed by atoms with Crippen LogP contribution in [0.4, 0.5) is 0 Å². The van der Waals surface area contributed by atoms with Crippen molar-refractivity contribution >= 4 is 11.8 Å². The van der Waals surface area contributed by atoms with Gasteiger partial charge in [-0.05, 0) is 37.5 Å². The van der Waals surface area contributed by atoms with Gasteiger partial charge in [0.1, 0.15) is 23.1 Å². The maximum atomic E-state index is 13.9. The highest BCUT2D eigenvalue weighted by atomic mass is 16.6. The second kappa shape index (κ2) is 7.47. The van der Waals surface area contributed by atoms with E-state index < -0.39 is 52.2 Å². The molecule has 184 valence electrons. The topological polar surface area (TPSA) is 113 Å². The fraction of sp³-hybridized carbons (Fsp3) is 0.630. The Morgan fingerprint density at radius 3 is 2.44 bits per heavy atom. The molecule has 1 heterocycles. The van der Waals surface area contributed by atoms with E-state index in [1.807, 2.05) is 20.8 Å². The standard InChI is InChI=1S/C27H34O7/c1-15-17-12-19(29)25(4)11-10-20-26(31,14-33-20)21(25)22(27(32,13-18(15)28)24(17,2)3)34-23(30)16-8-6-5-7-9-16/h5-9,18,20-22,28,31-32H,10-14H2,1-4H3/t18?,20?,21?,22?,25-,26?,27?/m0/s1. The van der Waals surface area contributed by atoms with E-state index in [2.05, 4.69) is 0 Å². The maximum absolute atomic E-state index is 13.9. The number of ketones is 1. The fourth-order valence-corrected chi connectivity index (χ4v) is 7.09. The van der Waals surface area contributed by atoms with Crippen molar-refractivity contribution < 1.29 is 34.4 Å². The van der Waals surface area contributed by atoms with Crippen LogP contribution in [0.25, 0.3) is 0 Å². The summed E-state index contributed by atoms with van der Waals surface area (Å²) in [4.78, 5) is 27.2. The molecule has 1 aromatic carbocycles. The summed E-state index contributed by atoms with van der Waals surface area (Å²) >= 11 is 0. The first-order valence-corrected chi connectivity index (χ1v) is 12.1. The lowest BCUT2D eigenvalue weighted by Gasteiger charge is -2.65. The molecule has 7 atom stereocenters. The molecule has 1 aliphatic heterocycles. The number of hydrogen-bond donors (Lipinski definition) is 3. The summed E-state index contributed by atoms with van der Waals surface area (Å²) < 4.78 is 11.8. The summed E-state index contributed by atoms with van der Waals surface area (Å²) in [6, 6.07) is 8.48. The minimum Gasteiger partial charge on any atom is -0.455 e. The van der Waals surface area contributed by atoms with Crippen LogP contribution in [0.5, 0.6) is 0 Å². The second-order valence-corrected chi connectivity index (χ2v) is 11.4. The number of esters is 1. The number of aliphatic hydroxyl groups excluding tert-OH is 1. The van der Waals surface area contributed by atoms with E-state index >= 15 is 0 Å². The van der Waals surface area contributed by atoms with Crippen LogP contribution >= 0.6 is 0 Å². The highest BCUT2D eigenvalue weighted by Crippen LogP contribution is 2.62. The third-order valence-corrected chi connectivity index (χ3v) is 9.53. The molecule has 2 saturated carbocycles. The van der Waals surface area contributed by atoms with E-state index in [1.54, 1.807) is 37.3 Å². The minimum atomic E-state index is -1.72. The molecule has 1 aromatic rings. The zero-order chi connectivity index (χ0) is 24.7. The molecule has 7 heteroatoms. The van der Waals surface area contributed by atoms with Crippen LogP contribution in [0, 0.1) is 16.7 Å². The lowest BCUT2D eigenvalue weighted by Crippen LogP contribution is -2.77. The van der Waals surface area contributed by atoms with Gasteiger partial charge in [0.25, 0.3) is 0 Å². The van der Waals surface area contributed by atoms with Crippen molar-refractivity contribution in [3.63, 3.8) is 0 Å². The van der Waals surface area contributed by atoms with Gasteiger partial charge >= 0.3 is 5.97 Å². The number of carbonyl (C=O) groups excluding carboxylic acids is 2. The van der Waals surface area contributed by atoms with Gasteiger partial charge < -0.3 is 24.8 Å². The van der Waals surface area contributed by atoms with Crippen LogP contribution in [0.3, 0.4) is 0 Å². The number of carbonyl (C=O) groups is 2. The predicted molar refractivity (Wildman–Crippen MR) is 123 cm³/mol. The highest BCUT2D eigenvalue weighted by molar-refractivity contribution is 5.90. The average molecular weight is 471 g/mol. The number of benzene rings is 1. The number of rotatable bonds is 2. The molecule has 0 amide bonds. The molecule has 5 rings (SSSR count). The molecule has 0 aromatic heterocycles. The maximum Gasteiger partial charge on any atom is 0.338 e. The molecule has 6 unspecified atom stereocenters. The third kappa shape index (κ3) is 2.97. The average Bonchev–Trinajstić information content (AvgIpc) is 2.78. The number of Topliss-reactive ketones (excluding diaryl/α,β-unsaturated/α-hetero) is 1. The van der Waals surface area contributed by atoms with Crippen molar-refractivity contribution in [3.8, 4) is 0 Å². The summed E-state index contributed by atoms with van der Waals surface area (Å²) in [7, 11) is 0. The smallest absolute Gasteiger partial charge is 0.338 e. The Kier molecular flexibility index (Phi) is 5.20. The Morgan fingerprint density at radius 2 is 1.82 bits per heavy atom. The molecule has 0 radical (unpaired) electrons. The Balaban J connectivity index is 1.72. The normalized spacial score (nSPS) is 43.1. The summed E-state index contributed by atoms with van der Waals surface area (Å²) in [5.41, 5.74) is -3.49. The quantitative estimate of drug-likeness (QED) is 0.450. The lowest BCUT2D eigenvalue weighted by atomic mass is 9.46. The van der Waals surface area contributed by atoms with E-state index in [0.717, 1.165) is 0 Å². The van der Waals surface area contributed by atoms with Crippen LogP contribution in [-0.4, -0.2) is 63.2 Å². The van der Waals surface area contributed by atoms with Gasteiger partial charge in [0.2, 0.25) is 0 Å². The molecule has 2 bridgehead atoms. The first-order valence-electron chi connectivity index (χ1n) is 12.1. The molecule has 0 spiro atoms. The van der Waals surface area contributed by atoms with Gasteiger partial charge in [-0.25, -0.2) is 4.79 Å². The van der Waals surface area contributed by atoms with Crippen LogP contribution in [-0.2, 0) is 14.3 Å². The van der Waals surface area contributed by atoms with Crippen molar-refractivity contribution in [2.75, 3.05) is 6.61 Å². The van der Waals surface area contributed by atoms with Crippen molar-refractivity contribution in [2.24, 2.45) is 16.7 Å². The monoisotopic (exact) mass is 470 g/mol. The highest BCUT2D eigenvalue weighted by Gasteiger charge is 2.72. The first-order chi connectivity index (χ1) is 15.9. The molecule has 3 aliphatic carbocycles. The summed E-state index contributed by atoms with van der Waals surface area (Å²) in [6.07, 6.45) is -1.75. The van der Waals surface area contributed by atoms with Gasteiger partial charge in [0.05, 0.1) is 24.4 Å². The van der Waals surface area contributed by atoms with Gasteiger partial charge in [0, 0.05) is 29.6 Å². The predicted octanol–water partition coefficient (Wildman–Crippen LogP) is 2.57. The van der Waals surface area contributed by atoms with Gasteiger partial charge in [-0.15, -0.1) is 0 Å². The minimum absolute atomic E-state index is 0.00533. The van der Waals surface area contributed by atoms with Crippen LogP contribution in [0.1, 0.15) is 63.7 Å². The number of aliphatic hydroxyl groups is 3. The van der Waals surface area contributed by atoms with E-state index in [9.17, 15) is 24.9 Å². The fourth-order valence-electron chi connectivity index (χ4n) is 7.09. The van der Waals surface area contributed by atoms with Gasteiger partial charge in [-0.1, -0.05) is 44.5 Å². The molecule has 4 aliphatic rings. The van der Waals surface area contributed by atoms with Gasteiger partial charge in [-0.3, -0.25) is 4.79 Å². The number of fused-ring (bicyclic) bond motifs is 5. The van der Waals surface area contributed by atoms with E-state index in [1.165, 1.54) is 0 Å². The van der Waals surface area contributed by atoms with Crippen LogP contribution in [0.15, 0.2) is 41.5 Å². The zero-order valence-corrected chi connectivity index (χ0v) is 20.2. The first kappa shape index (κ1) is 23.7. The van der Waals surface area contributed by atoms with Crippen LogP contribution < -0.4 is 0 Å². The molecular formula is C27H34O7. The van der Waals surface area contributed by atoms with Gasteiger partial charge in [-0.2, -0.15) is 0 Å². The molecule has 3 fully saturated rings. The van der Waals surface area contributed by atoms with Crippen molar-refractivity contribution in [1.29, 1.82) is 0 Å². The van der Waals surface area contributed by atoms with Crippen molar-refractivity contribution in [1.82, 2.24) is 0 Å². The van der Waals surface area contributed by atoms with E-state index in [4.69, 9.17) is 9.47 Å². The SMILES string of the molecule is CC1=C2CC(=O)[C@]3(C)CCC4OCC4(O)C3C(OC(=O)c3ccccc3)C(O)(CC1O)C2(C)C. The van der Waals surface area contributed by atoms with Gasteiger partial charge in [0.15, 0.2) is 0 Å². The number of ether oxygens (including phenoxy) is 2. The molecular weight excluding hydrogens is 436 g/mol. The number of hydrogen-bond acceptors (Lipinski definition) is 7. The largest absolute Gasteiger partial charge is 0.455 e. The van der Waals surface area contributed by atoms with Crippen molar-refractivity contribution in [2.45, 2.75) is 82.9 Å². The Bertz CT molecular complexity index is 1060. The third-order valence-electron chi connectivity index (χ3n) is 9.53. The molecule has 7 nitrogen and oxygen atoms in total.